The molecule has 1 amide bonds. The maximum Gasteiger partial charge on any atom is 0.270 e. The Kier molecular flexibility index (Phi) is 5.11. The van der Waals surface area contributed by atoms with Gasteiger partial charge in [-0.2, -0.15) is 0 Å². The number of benzene rings is 2. The topological polar surface area (TPSA) is 28.5 Å². The fraction of sp³-hybridized carbons (Fsp3) is 0.400. The molecule has 5 rings (SSSR count). The number of carbonyl (C=O) groups is 1. The SMILES string of the molecule is O=C(c1cc2ccccc2n1Cc1ccccc1)N1CCCC1CN1CCCC1. The summed E-state index contributed by atoms with van der Waals surface area (Å²) in [6.07, 6.45) is 4.84. The van der Waals surface area contributed by atoms with E-state index in [0.717, 1.165) is 49.1 Å². The van der Waals surface area contributed by atoms with Crippen molar-refractivity contribution < 1.29 is 4.79 Å². The lowest BCUT2D eigenvalue weighted by molar-refractivity contribution is 0.0699. The zero-order valence-corrected chi connectivity index (χ0v) is 17.0. The van der Waals surface area contributed by atoms with E-state index >= 15 is 0 Å². The lowest BCUT2D eigenvalue weighted by atomic mass is 10.2. The first-order chi connectivity index (χ1) is 14.3. The Balaban J connectivity index is 1.47. The van der Waals surface area contributed by atoms with Crippen LogP contribution in [0.25, 0.3) is 10.9 Å². The van der Waals surface area contributed by atoms with Crippen molar-refractivity contribution in [2.75, 3.05) is 26.2 Å². The number of hydrogen-bond acceptors (Lipinski definition) is 2. The van der Waals surface area contributed by atoms with Crippen molar-refractivity contribution in [3.05, 3.63) is 71.9 Å². The third kappa shape index (κ3) is 3.69. The molecule has 4 heteroatoms. The van der Waals surface area contributed by atoms with E-state index in [2.05, 4.69) is 69.0 Å². The summed E-state index contributed by atoms with van der Waals surface area (Å²) in [5.74, 6) is 0.193. The van der Waals surface area contributed by atoms with E-state index in [1.54, 1.807) is 0 Å². The summed E-state index contributed by atoms with van der Waals surface area (Å²) >= 11 is 0. The molecule has 3 aromatic rings. The molecular formula is C25H29N3O. The molecule has 1 aromatic heterocycles. The highest BCUT2D eigenvalue weighted by molar-refractivity contribution is 5.99. The third-order valence-electron chi connectivity index (χ3n) is 6.52. The zero-order valence-electron chi connectivity index (χ0n) is 17.0. The highest BCUT2D eigenvalue weighted by Gasteiger charge is 2.33. The smallest absolute Gasteiger partial charge is 0.270 e. The Morgan fingerprint density at radius 2 is 1.66 bits per heavy atom. The van der Waals surface area contributed by atoms with Crippen LogP contribution in [-0.4, -0.2) is 52.5 Å². The summed E-state index contributed by atoms with van der Waals surface area (Å²) in [6, 6.07) is 21.2. The standard InChI is InChI=1S/C25H29N3O/c29-25(27-16-8-12-22(27)19-26-14-6-7-15-26)24-17-21-11-4-5-13-23(21)28(24)18-20-9-2-1-3-10-20/h1-5,9-11,13,17,22H,6-8,12,14-16,18-19H2. The summed E-state index contributed by atoms with van der Waals surface area (Å²) in [4.78, 5) is 18.4. The van der Waals surface area contributed by atoms with Crippen LogP contribution >= 0.6 is 0 Å². The van der Waals surface area contributed by atoms with Crippen molar-refractivity contribution in [2.45, 2.75) is 38.3 Å². The largest absolute Gasteiger partial charge is 0.333 e. The van der Waals surface area contributed by atoms with Crippen LogP contribution in [0.4, 0.5) is 0 Å². The molecule has 2 aromatic carbocycles. The van der Waals surface area contributed by atoms with Gasteiger partial charge in [0.05, 0.1) is 0 Å². The quantitative estimate of drug-likeness (QED) is 0.650. The number of carbonyl (C=O) groups excluding carboxylic acids is 1. The second-order valence-electron chi connectivity index (χ2n) is 8.46. The minimum absolute atomic E-state index is 0.193. The Bertz CT molecular complexity index is 988. The first kappa shape index (κ1) is 18.4. The van der Waals surface area contributed by atoms with Crippen molar-refractivity contribution in [3.8, 4) is 0 Å². The third-order valence-corrected chi connectivity index (χ3v) is 6.52. The molecule has 150 valence electrons. The molecule has 0 spiro atoms. The highest BCUT2D eigenvalue weighted by atomic mass is 16.2. The molecular weight excluding hydrogens is 358 g/mol. The van der Waals surface area contributed by atoms with Gasteiger partial charge in [-0.1, -0.05) is 48.5 Å². The first-order valence-corrected chi connectivity index (χ1v) is 10.9. The van der Waals surface area contributed by atoms with Gasteiger partial charge in [0, 0.05) is 36.6 Å². The Hall–Kier alpha value is -2.59. The molecule has 0 saturated carbocycles. The monoisotopic (exact) mass is 387 g/mol. The van der Waals surface area contributed by atoms with Gasteiger partial charge >= 0.3 is 0 Å². The lowest BCUT2D eigenvalue weighted by Crippen LogP contribution is -2.43. The molecule has 2 aliphatic rings. The summed E-state index contributed by atoms with van der Waals surface area (Å²) in [6.45, 7) is 5.01. The Morgan fingerprint density at radius 1 is 0.897 bits per heavy atom. The number of likely N-dealkylation sites (tertiary alicyclic amines) is 2. The van der Waals surface area contributed by atoms with Crippen LogP contribution in [0.1, 0.15) is 41.7 Å². The second kappa shape index (κ2) is 8.03. The Morgan fingerprint density at radius 3 is 2.48 bits per heavy atom. The van der Waals surface area contributed by atoms with Gasteiger partial charge in [0.2, 0.25) is 0 Å². The van der Waals surface area contributed by atoms with Gasteiger partial charge in [-0.25, -0.2) is 0 Å². The number of rotatable bonds is 5. The number of nitrogens with zero attached hydrogens (tertiary/aromatic N) is 3. The highest BCUT2D eigenvalue weighted by Crippen LogP contribution is 2.27. The van der Waals surface area contributed by atoms with E-state index in [0.29, 0.717) is 6.04 Å². The van der Waals surface area contributed by atoms with Crippen LogP contribution in [0.15, 0.2) is 60.7 Å². The summed E-state index contributed by atoms with van der Waals surface area (Å²) in [5, 5.41) is 1.14. The van der Waals surface area contributed by atoms with Crippen molar-refractivity contribution in [1.82, 2.24) is 14.4 Å². The molecule has 0 bridgehead atoms. The lowest BCUT2D eigenvalue weighted by Gasteiger charge is -2.29. The number of hydrogen-bond donors (Lipinski definition) is 0. The van der Waals surface area contributed by atoms with Crippen LogP contribution < -0.4 is 0 Å². The van der Waals surface area contributed by atoms with E-state index in [1.807, 2.05) is 6.07 Å². The van der Waals surface area contributed by atoms with Gasteiger partial charge in [0.15, 0.2) is 0 Å². The average molecular weight is 388 g/mol. The van der Waals surface area contributed by atoms with Gasteiger partial charge in [-0.05, 0) is 56.5 Å². The van der Waals surface area contributed by atoms with Crippen LogP contribution in [0.3, 0.4) is 0 Å². The molecule has 2 aliphatic heterocycles. The van der Waals surface area contributed by atoms with E-state index in [9.17, 15) is 4.79 Å². The molecule has 2 fully saturated rings. The minimum atomic E-state index is 0.193. The summed E-state index contributed by atoms with van der Waals surface area (Å²) in [7, 11) is 0. The van der Waals surface area contributed by atoms with Crippen molar-refractivity contribution in [2.24, 2.45) is 0 Å². The molecule has 1 atom stereocenters. The van der Waals surface area contributed by atoms with Gasteiger partial charge in [0.1, 0.15) is 5.69 Å². The molecule has 2 saturated heterocycles. The van der Waals surface area contributed by atoms with Gasteiger partial charge in [-0.15, -0.1) is 0 Å². The fourth-order valence-electron chi connectivity index (χ4n) is 5.03. The van der Waals surface area contributed by atoms with E-state index < -0.39 is 0 Å². The second-order valence-corrected chi connectivity index (χ2v) is 8.46. The zero-order chi connectivity index (χ0) is 19.6. The van der Waals surface area contributed by atoms with Gasteiger partial charge in [-0.3, -0.25) is 4.79 Å². The Labute approximate surface area is 172 Å². The van der Waals surface area contributed by atoms with Crippen LogP contribution in [0.5, 0.6) is 0 Å². The molecule has 0 N–H and O–H groups in total. The van der Waals surface area contributed by atoms with Crippen LogP contribution in [0.2, 0.25) is 0 Å². The number of amides is 1. The summed E-state index contributed by atoms with van der Waals surface area (Å²) in [5.41, 5.74) is 3.18. The molecule has 0 aliphatic carbocycles. The van der Waals surface area contributed by atoms with E-state index in [4.69, 9.17) is 0 Å². The average Bonchev–Trinajstić information content (AvgIpc) is 3.50. The predicted molar refractivity (Wildman–Crippen MR) is 117 cm³/mol. The van der Waals surface area contributed by atoms with Crippen LogP contribution in [-0.2, 0) is 6.54 Å². The van der Waals surface area contributed by atoms with E-state index in [1.165, 1.54) is 31.5 Å². The fourth-order valence-corrected chi connectivity index (χ4v) is 5.03. The van der Waals surface area contributed by atoms with Crippen molar-refractivity contribution in [1.29, 1.82) is 0 Å². The minimum Gasteiger partial charge on any atom is -0.333 e. The molecule has 29 heavy (non-hydrogen) atoms. The number of fused-ring (bicyclic) bond motifs is 1. The van der Waals surface area contributed by atoms with E-state index in [-0.39, 0.29) is 5.91 Å². The summed E-state index contributed by atoms with van der Waals surface area (Å²) < 4.78 is 2.21. The van der Waals surface area contributed by atoms with Crippen molar-refractivity contribution in [3.63, 3.8) is 0 Å². The molecule has 0 radical (unpaired) electrons. The predicted octanol–water partition coefficient (Wildman–Crippen LogP) is 4.39. The van der Waals surface area contributed by atoms with Gasteiger partial charge in [0.25, 0.3) is 5.91 Å². The molecule has 4 nitrogen and oxygen atoms in total. The van der Waals surface area contributed by atoms with Crippen LogP contribution in [0, 0.1) is 0 Å². The molecule has 3 heterocycles. The number of para-hydroxylation sites is 1. The molecule has 1 unspecified atom stereocenters. The van der Waals surface area contributed by atoms with Crippen molar-refractivity contribution >= 4 is 16.8 Å². The first-order valence-electron chi connectivity index (χ1n) is 10.9. The normalized spacial score (nSPS) is 20.0. The maximum atomic E-state index is 13.7. The van der Waals surface area contributed by atoms with Gasteiger partial charge < -0.3 is 14.4 Å². The number of aromatic nitrogens is 1. The maximum absolute atomic E-state index is 13.7.